The van der Waals surface area contributed by atoms with Gasteiger partial charge in [-0.3, -0.25) is 0 Å². The van der Waals surface area contributed by atoms with Crippen LogP contribution in [0.1, 0.15) is 5.56 Å². The Labute approximate surface area is 165 Å². The second-order valence-electron chi connectivity index (χ2n) is 5.30. The number of rotatable bonds is 7. The van der Waals surface area contributed by atoms with Gasteiger partial charge in [-0.1, -0.05) is 35.3 Å². The van der Waals surface area contributed by atoms with Crippen molar-refractivity contribution in [3.63, 3.8) is 0 Å². The van der Waals surface area contributed by atoms with Crippen LogP contribution in [-0.4, -0.2) is 50.0 Å². The monoisotopic (exact) mass is 416 g/mol. The van der Waals surface area contributed by atoms with Gasteiger partial charge in [-0.15, -0.1) is 6.58 Å². The van der Waals surface area contributed by atoms with E-state index in [9.17, 15) is 5.11 Å². The number of hydrogen-bond donors (Lipinski definition) is 3. The van der Waals surface area contributed by atoms with E-state index in [1.165, 1.54) is 0 Å². The minimum atomic E-state index is -1.82. The largest absolute Gasteiger partial charge is 0.473 e. The highest BCUT2D eigenvalue weighted by molar-refractivity contribution is 6.35. The van der Waals surface area contributed by atoms with Crippen LogP contribution >= 0.6 is 23.2 Å². The van der Waals surface area contributed by atoms with Crippen molar-refractivity contribution in [3.8, 4) is 0 Å². The average molecular weight is 417 g/mol. The van der Waals surface area contributed by atoms with E-state index in [-0.39, 0.29) is 13.2 Å². The summed E-state index contributed by atoms with van der Waals surface area (Å²) in [6.45, 7) is 4.29. The van der Waals surface area contributed by atoms with Crippen molar-refractivity contribution < 1.29 is 29.6 Å². The van der Waals surface area contributed by atoms with Gasteiger partial charge in [0.25, 0.3) is 0 Å². The maximum Gasteiger partial charge on any atom is 0.414 e. The molecule has 0 bridgehead atoms. The maximum atomic E-state index is 11.0. The molecule has 0 aliphatic rings. The summed E-state index contributed by atoms with van der Waals surface area (Å²) in [4.78, 5) is 22.2. The van der Waals surface area contributed by atoms with E-state index in [2.05, 4.69) is 11.6 Å². The SMILES string of the molecule is C=CCOCC(O)(Cn1ccnc1)c1ccc(Cl)cc1Cl.O=C(O)C(=O)O. The molecular formula is C17H18Cl2N2O6. The minimum Gasteiger partial charge on any atom is -0.473 e. The fraction of sp³-hybridized carbons (Fsp3) is 0.235. The first kappa shape index (κ1) is 22.7. The van der Waals surface area contributed by atoms with Crippen LogP contribution in [0.3, 0.4) is 0 Å². The topological polar surface area (TPSA) is 122 Å². The number of imidazole rings is 1. The van der Waals surface area contributed by atoms with Crippen LogP contribution in [0.2, 0.25) is 10.0 Å². The van der Waals surface area contributed by atoms with Crippen LogP contribution in [0.25, 0.3) is 0 Å². The Morgan fingerprint density at radius 3 is 2.44 bits per heavy atom. The fourth-order valence-electron chi connectivity index (χ4n) is 2.07. The smallest absolute Gasteiger partial charge is 0.414 e. The molecule has 1 heterocycles. The van der Waals surface area contributed by atoms with E-state index in [1.807, 2.05) is 0 Å². The molecule has 0 fully saturated rings. The summed E-state index contributed by atoms with van der Waals surface area (Å²) in [7, 11) is 0. The van der Waals surface area contributed by atoms with Crippen LogP contribution in [0.5, 0.6) is 0 Å². The molecule has 0 spiro atoms. The Morgan fingerprint density at radius 1 is 1.30 bits per heavy atom. The number of carbonyl (C=O) groups is 2. The van der Waals surface area contributed by atoms with Gasteiger partial charge < -0.3 is 24.6 Å². The molecule has 0 amide bonds. The standard InChI is InChI=1S/C15H16Cl2N2O2.C2H2O4/c1-2-7-21-10-15(20,9-19-6-5-18-11-19)13-4-3-12(16)8-14(13)17;3-1(4)2(5)6/h2-6,8,11,20H,1,7,9-10H2;(H,3,4)(H,5,6). The van der Waals surface area contributed by atoms with Gasteiger partial charge in [0.1, 0.15) is 5.60 Å². The van der Waals surface area contributed by atoms with Gasteiger partial charge in [0.15, 0.2) is 0 Å². The molecule has 2 aromatic rings. The predicted octanol–water partition coefficient (Wildman–Crippen LogP) is 2.44. The van der Waals surface area contributed by atoms with Gasteiger partial charge in [-0.25, -0.2) is 14.6 Å². The molecule has 0 saturated heterocycles. The Kier molecular flexibility index (Phi) is 8.96. The number of benzene rings is 1. The van der Waals surface area contributed by atoms with Crippen molar-refractivity contribution in [3.05, 3.63) is 65.2 Å². The van der Waals surface area contributed by atoms with Crippen molar-refractivity contribution in [2.75, 3.05) is 13.2 Å². The third-order valence-corrected chi connectivity index (χ3v) is 3.74. The van der Waals surface area contributed by atoms with Gasteiger partial charge in [0, 0.05) is 28.0 Å². The third kappa shape index (κ3) is 7.40. The van der Waals surface area contributed by atoms with Crippen molar-refractivity contribution in [1.82, 2.24) is 9.55 Å². The second kappa shape index (κ2) is 10.7. The molecule has 2 rings (SSSR count). The Hall–Kier alpha value is -2.39. The molecule has 146 valence electrons. The lowest BCUT2D eigenvalue weighted by Gasteiger charge is -2.29. The second-order valence-corrected chi connectivity index (χ2v) is 6.15. The van der Waals surface area contributed by atoms with E-state index in [0.717, 1.165) is 0 Å². The first-order valence-electron chi connectivity index (χ1n) is 7.48. The molecule has 1 aromatic heterocycles. The van der Waals surface area contributed by atoms with Gasteiger partial charge in [-0.2, -0.15) is 0 Å². The number of aromatic nitrogens is 2. The Balaban J connectivity index is 0.000000527. The fourth-order valence-corrected chi connectivity index (χ4v) is 2.65. The molecule has 8 nitrogen and oxygen atoms in total. The van der Waals surface area contributed by atoms with E-state index in [0.29, 0.717) is 22.2 Å². The molecule has 27 heavy (non-hydrogen) atoms. The maximum absolute atomic E-state index is 11.0. The summed E-state index contributed by atoms with van der Waals surface area (Å²) in [6, 6.07) is 5.00. The van der Waals surface area contributed by atoms with Gasteiger partial charge in [0.2, 0.25) is 0 Å². The summed E-state index contributed by atoms with van der Waals surface area (Å²) in [5.74, 6) is -3.65. The lowest BCUT2D eigenvalue weighted by Crippen LogP contribution is -2.36. The molecule has 0 saturated carbocycles. The Morgan fingerprint density at radius 2 is 1.96 bits per heavy atom. The van der Waals surface area contributed by atoms with Gasteiger partial charge >= 0.3 is 11.9 Å². The average Bonchev–Trinajstić information content (AvgIpc) is 3.08. The first-order chi connectivity index (χ1) is 12.7. The molecule has 0 radical (unpaired) electrons. The number of carboxylic acids is 2. The molecule has 1 aromatic carbocycles. The normalized spacial score (nSPS) is 12.4. The van der Waals surface area contributed by atoms with E-state index < -0.39 is 17.5 Å². The van der Waals surface area contributed by atoms with E-state index in [4.69, 9.17) is 47.7 Å². The number of carboxylic acid groups (broad SMARTS) is 2. The number of aliphatic hydroxyl groups is 1. The number of nitrogens with zero attached hydrogens (tertiary/aromatic N) is 2. The zero-order valence-corrected chi connectivity index (χ0v) is 15.6. The molecule has 1 atom stereocenters. The summed E-state index contributed by atoms with van der Waals surface area (Å²) < 4.78 is 7.21. The van der Waals surface area contributed by atoms with Crippen molar-refractivity contribution in [2.45, 2.75) is 12.1 Å². The Bertz CT molecular complexity index is 770. The lowest BCUT2D eigenvalue weighted by molar-refractivity contribution is -0.159. The molecular weight excluding hydrogens is 399 g/mol. The zero-order valence-electron chi connectivity index (χ0n) is 14.1. The van der Waals surface area contributed by atoms with Gasteiger partial charge in [-0.05, 0) is 12.1 Å². The predicted molar refractivity (Wildman–Crippen MR) is 98.9 cm³/mol. The van der Waals surface area contributed by atoms with Crippen LogP contribution in [0.15, 0.2) is 49.6 Å². The van der Waals surface area contributed by atoms with Crippen molar-refractivity contribution >= 4 is 35.1 Å². The van der Waals surface area contributed by atoms with Crippen molar-refractivity contribution in [2.24, 2.45) is 0 Å². The quantitative estimate of drug-likeness (QED) is 0.359. The third-order valence-electron chi connectivity index (χ3n) is 3.20. The van der Waals surface area contributed by atoms with Gasteiger partial charge in [0.05, 0.1) is 26.1 Å². The molecule has 0 aliphatic carbocycles. The van der Waals surface area contributed by atoms with E-state index >= 15 is 0 Å². The molecule has 1 unspecified atom stereocenters. The number of halogens is 2. The lowest BCUT2D eigenvalue weighted by atomic mass is 9.94. The molecule has 3 N–H and O–H groups in total. The summed E-state index contributed by atoms with van der Waals surface area (Å²) in [5.41, 5.74) is -0.725. The van der Waals surface area contributed by atoms with Crippen molar-refractivity contribution in [1.29, 1.82) is 0 Å². The first-order valence-corrected chi connectivity index (χ1v) is 8.23. The molecule has 10 heteroatoms. The highest BCUT2D eigenvalue weighted by Crippen LogP contribution is 2.32. The van der Waals surface area contributed by atoms with Crippen LogP contribution in [0, 0.1) is 0 Å². The summed E-state index contributed by atoms with van der Waals surface area (Å²) in [6.07, 6.45) is 6.67. The zero-order chi connectivity index (χ0) is 20.4. The number of ether oxygens (including phenoxy) is 1. The number of aliphatic carboxylic acids is 2. The van der Waals surface area contributed by atoms with Crippen LogP contribution in [-0.2, 0) is 26.5 Å². The van der Waals surface area contributed by atoms with Crippen LogP contribution < -0.4 is 0 Å². The highest BCUT2D eigenvalue weighted by Gasteiger charge is 2.32. The van der Waals surface area contributed by atoms with E-state index in [1.54, 1.807) is 47.6 Å². The molecule has 0 aliphatic heterocycles. The summed E-state index contributed by atoms with van der Waals surface area (Å²) in [5, 5.41) is 26.7. The van der Waals surface area contributed by atoms with Crippen LogP contribution in [0.4, 0.5) is 0 Å². The summed E-state index contributed by atoms with van der Waals surface area (Å²) >= 11 is 12.1. The minimum absolute atomic E-state index is 0.0819. The highest BCUT2D eigenvalue weighted by atomic mass is 35.5. The number of hydrogen-bond acceptors (Lipinski definition) is 5.